The second kappa shape index (κ2) is 23.6. The van der Waals surface area contributed by atoms with Crippen molar-refractivity contribution in [3.05, 3.63) is 35.9 Å². The van der Waals surface area contributed by atoms with Crippen LogP contribution in [0.1, 0.15) is 67.9 Å². The van der Waals surface area contributed by atoms with Crippen molar-refractivity contribution in [2.24, 2.45) is 0 Å². The van der Waals surface area contributed by atoms with Gasteiger partial charge in [0, 0.05) is 55.4 Å². The summed E-state index contributed by atoms with van der Waals surface area (Å²) in [5.74, 6) is -6.98. The van der Waals surface area contributed by atoms with E-state index in [2.05, 4.69) is 0 Å². The largest absolute Gasteiger partial charge is 0.463 e. The predicted octanol–water partition coefficient (Wildman–Crippen LogP) is 0.246. The number of aliphatic hydroxyl groups is 1. The van der Waals surface area contributed by atoms with Gasteiger partial charge in [0.1, 0.15) is 37.6 Å². The van der Waals surface area contributed by atoms with Crippen LogP contribution in [0.3, 0.4) is 0 Å². The summed E-state index contributed by atoms with van der Waals surface area (Å²) in [6.45, 7) is 8.44. The van der Waals surface area contributed by atoms with E-state index < -0.39 is 153 Å². The fourth-order valence-corrected chi connectivity index (χ4v) is 7.18. The molecule has 3 heterocycles. The van der Waals surface area contributed by atoms with E-state index in [1.54, 1.807) is 30.3 Å². The summed E-state index contributed by atoms with van der Waals surface area (Å²) < 4.78 is 81.7. The molecule has 64 heavy (non-hydrogen) atoms. The molecule has 15 atom stereocenters. The molecule has 1 aromatic rings. The molecule has 0 bridgehead atoms. The Kier molecular flexibility index (Phi) is 18.9. The van der Waals surface area contributed by atoms with Crippen LogP contribution in [0.4, 0.5) is 0 Å². The molecular formula is C41H54O23. The minimum absolute atomic E-state index is 0.163. The highest BCUT2D eigenvalue weighted by Crippen LogP contribution is 2.38. The average molecular weight is 915 g/mol. The lowest BCUT2D eigenvalue weighted by molar-refractivity contribution is -0.388. The first-order valence-corrected chi connectivity index (χ1v) is 20.1. The van der Waals surface area contributed by atoms with Crippen molar-refractivity contribution in [2.45, 2.75) is 161 Å². The van der Waals surface area contributed by atoms with E-state index in [9.17, 15) is 43.5 Å². The molecule has 0 aromatic heterocycles. The van der Waals surface area contributed by atoms with Gasteiger partial charge >= 0.3 is 47.8 Å². The van der Waals surface area contributed by atoms with Gasteiger partial charge in [0.05, 0.1) is 12.7 Å². The lowest BCUT2D eigenvalue weighted by Gasteiger charge is -2.50. The average Bonchev–Trinajstić information content (AvgIpc) is 3.18. The topological polar surface area (TPSA) is 286 Å². The van der Waals surface area contributed by atoms with Crippen molar-refractivity contribution in [3.63, 3.8) is 0 Å². The van der Waals surface area contributed by atoms with E-state index in [-0.39, 0.29) is 6.61 Å². The van der Waals surface area contributed by atoms with E-state index in [1.807, 2.05) is 0 Å². The second-order valence-electron chi connectivity index (χ2n) is 14.8. The predicted molar refractivity (Wildman–Crippen MR) is 205 cm³/mol. The van der Waals surface area contributed by atoms with Gasteiger partial charge in [-0.25, -0.2) is 0 Å². The molecule has 0 radical (unpaired) electrons. The Balaban J connectivity index is 1.93. The molecule has 356 valence electrons. The molecule has 0 amide bonds. The summed E-state index contributed by atoms with van der Waals surface area (Å²) in [5.41, 5.74) is 0.630. The summed E-state index contributed by atoms with van der Waals surface area (Å²) in [5, 5.41) is 11.0. The molecule has 0 saturated carbocycles. The molecule has 23 heteroatoms. The summed E-state index contributed by atoms with van der Waals surface area (Å²) in [4.78, 5) is 99.6. The molecule has 3 fully saturated rings. The molecule has 4 rings (SSSR count). The fraction of sp³-hybridized carbons (Fsp3) is 0.659. The van der Waals surface area contributed by atoms with Crippen LogP contribution >= 0.6 is 0 Å². The zero-order chi connectivity index (χ0) is 47.4. The molecule has 3 aliphatic heterocycles. The maximum atomic E-state index is 13.0. The molecule has 0 unspecified atom stereocenters. The Hall–Kier alpha value is -5.30. The third kappa shape index (κ3) is 14.6. The van der Waals surface area contributed by atoms with Gasteiger partial charge in [-0.15, -0.1) is 0 Å². The number of esters is 8. The van der Waals surface area contributed by atoms with Crippen molar-refractivity contribution in [1.29, 1.82) is 0 Å². The molecule has 0 spiro atoms. The normalized spacial score (nSPS) is 32.4. The molecular weight excluding hydrogens is 860 g/mol. The van der Waals surface area contributed by atoms with Crippen molar-refractivity contribution >= 4 is 47.8 Å². The zero-order valence-corrected chi connectivity index (χ0v) is 36.6. The van der Waals surface area contributed by atoms with Crippen molar-refractivity contribution in [3.8, 4) is 0 Å². The first-order valence-electron chi connectivity index (χ1n) is 20.1. The van der Waals surface area contributed by atoms with Crippen LogP contribution in [0.5, 0.6) is 0 Å². The summed E-state index contributed by atoms with van der Waals surface area (Å²) in [6, 6.07) is 8.70. The van der Waals surface area contributed by atoms with E-state index in [0.29, 0.717) is 5.56 Å². The zero-order valence-electron chi connectivity index (χ0n) is 36.6. The van der Waals surface area contributed by atoms with Crippen LogP contribution in [0.15, 0.2) is 30.3 Å². The van der Waals surface area contributed by atoms with Crippen molar-refractivity contribution in [1.82, 2.24) is 0 Å². The quantitative estimate of drug-likeness (QED) is 0.162. The Labute approximate surface area is 367 Å². The Bertz CT molecular complexity index is 1800. The number of aliphatic hydroxyl groups excluding tert-OH is 1. The highest BCUT2D eigenvalue weighted by atomic mass is 16.8. The smallest absolute Gasteiger partial charge is 0.303 e. The van der Waals surface area contributed by atoms with Gasteiger partial charge in [-0.05, 0) is 12.5 Å². The minimum atomic E-state index is -1.99. The molecule has 0 aliphatic carbocycles. The van der Waals surface area contributed by atoms with Gasteiger partial charge in [-0.3, -0.25) is 38.4 Å². The second-order valence-corrected chi connectivity index (χ2v) is 14.8. The van der Waals surface area contributed by atoms with Gasteiger partial charge in [-0.2, -0.15) is 0 Å². The SMILES string of the molecule is CC(=O)OC[C@H]1O[C@@H](O[C@H]2[C@H](OC(C)=O)[C@@H](OC(C)=O)[C@H](O)O[C@@H]2COC(C)=O)[C@H](O[C@@H]2O[C@@H](C)[C@@H](OC(C)=O)[C@@H](OC(C)=O)[C@@H]2OCc2ccccc2)[C@@H](OC(C)=O)[C@H]1OC(C)=O. The number of rotatable bonds is 17. The van der Waals surface area contributed by atoms with Crippen LogP contribution < -0.4 is 0 Å². The highest BCUT2D eigenvalue weighted by Gasteiger charge is 2.59. The van der Waals surface area contributed by atoms with E-state index >= 15 is 0 Å². The van der Waals surface area contributed by atoms with E-state index in [4.69, 9.17) is 66.3 Å². The maximum Gasteiger partial charge on any atom is 0.303 e. The third-order valence-corrected chi connectivity index (χ3v) is 9.51. The number of ether oxygens (including phenoxy) is 14. The highest BCUT2D eigenvalue weighted by molar-refractivity contribution is 5.69. The molecule has 1 aromatic carbocycles. The van der Waals surface area contributed by atoms with Gasteiger partial charge in [-0.1, -0.05) is 30.3 Å². The monoisotopic (exact) mass is 914 g/mol. The van der Waals surface area contributed by atoms with Crippen LogP contribution in [-0.4, -0.2) is 158 Å². The van der Waals surface area contributed by atoms with Crippen LogP contribution in [0, 0.1) is 0 Å². The van der Waals surface area contributed by atoms with Gasteiger partial charge < -0.3 is 71.4 Å². The van der Waals surface area contributed by atoms with Crippen molar-refractivity contribution in [2.75, 3.05) is 13.2 Å². The first kappa shape index (κ1) is 51.3. The van der Waals surface area contributed by atoms with Crippen LogP contribution in [0.2, 0.25) is 0 Å². The van der Waals surface area contributed by atoms with E-state index in [0.717, 1.165) is 55.4 Å². The number of carbonyl (C=O) groups is 8. The Morgan fingerprint density at radius 1 is 0.469 bits per heavy atom. The van der Waals surface area contributed by atoms with Crippen LogP contribution in [0.25, 0.3) is 0 Å². The summed E-state index contributed by atoms with van der Waals surface area (Å²) >= 11 is 0. The first-order chi connectivity index (χ1) is 30.1. The number of hydrogen-bond acceptors (Lipinski definition) is 23. The van der Waals surface area contributed by atoms with Gasteiger partial charge in [0.15, 0.2) is 61.6 Å². The molecule has 3 saturated heterocycles. The molecule has 23 nitrogen and oxygen atoms in total. The van der Waals surface area contributed by atoms with Gasteiger partial charge in [0.25, 0.3) is 0 Å². The van der Waals surface area contributed by atoms with E-state index in [1.165, 1.54) is 6.92 Å². The number of benzene rings is 1. The van der Waals surface area contributed by atoms with Crippen molar-refractivity contribution < 1.29 is 110 Å². The molecule has 3 aliphatic rings. The Morgan fingerprint density at radius 2 is 0.875 bits per heavy atom. The Morgan fingerprint density at radius 3 is 1.38 bits per heavy atom. The van der Waals surface area contributed by atoms with Crippen LogP contribution in [-0.2, 0) is 111 Å². The van der Waals surface area contributed by atoms with Gasteiger partial charge in [0.2, 0.25) is 0 Å². The fourth-order valence-electron chi connectivity index (χ4n) is 7.18. The standard InChI is InChI=1S/C41H54O23/c1-18-30(55-21(4)44)33(57-23(6)46)37(53-15-27-13-11-10-12-14-27)40(54-18)64-38-35(59-25(8)48)31(56-22(5)45)29(17-52-20(3)43)62-41(38)63-32-28(16-51-19(2)42)61-39(50)36(60-26(9)49)34(32)58-24(7)47/h10-14,18,28-41,50H,15-17H2,1-9H3/t18-,28+,29+,30+,31-,32+,33+,34-,35-,36+,37-,38+,39+,40-,41-/m0/s1. The molecule has 1 N–H and O–H groups in total. The summed E-state index contributed by atoms with van der Waals surface area (Å²) in [6.07, 6.45) is -24.6. The number of carbonyl (C=O) groups excluding carboxylic acids is 8. The lowest BCUT2D eigenvalue weighted by Crippen LogP contribution is -2.68. The summed E-state index contributed by atoms with van der Waals surface area (Å²) in [7, 11) is 0. The third-order valence-electron chi connectivity index (χ3n) is 9.51. The lowest BCUT2D eigenvalue weighted by atomic mass is 9.95. The maximum absolute atomic E-state index is 13.0. The number of hydrogen-bond donors (Lipinski definition) is 1. The minimum Gasteiger partial charge on any atom is -0.463 e.